The summed E-state index contributed by atoms with van der Waals surface area (Å²) < 4.78 is 0. The molecular formula is C15H21Cl2N3O. The third-order valence-electron chi connectivity index (χ3n) is 3.80. The minimum absolute atomic E-state index is 0.0150. The standard InChI is InChI=1S/C15H21Cl2N3O/c1-3-11(2)18-15(21)20-8-6-19(7-9-20)14-10-12(16)4-5-13(14)17/h4-5,10-11H,3,6-9H2,1-2H3,(H,18,21). The van der Waals surface area contributed by atoms with Crippen molar-refractivity contribution in [2.45, 2.75) is 26.3 Å². The van der Waals surface area contributed by atoms with Gasteiger partial charge in [0.15, 0.2) is 0 Å². The van der Waals surface area contributed by atoms with Gasteiger partial charge in [-0.1, -0.05) is 30.1 Å². The molecule has 0 saturated carbocycles. The molecule has 0 aliphatic carbocycles. The van der Waals surface area contributed by atoms with Crippen LogP contribution in [0, 0.1) is 0 Å². The zero-order valence-corrected chi connectivity index (χ0v) is 13.9. The largest absolute Gasteiger partial charge is 0.367 e. The molecule has 1 N–H and O–H groups in total. The number of amides is 2. The highest BCUT2D eigenvalue weighted by Crippen LogP contribution is 2.29. The van der Waals surface area contributed by atoms with Gasteiger partial charge in [0.1, 0.15) is 0 Å². The second-order valence-corrected chi connectivity index (χ2v) is 6.17. The fraction of sp³-hybridized carbons (Fsp3) is 0.533. The highest BCUT2D eigenvalue weighted by atomic mass is 35.5. The Bertz CT molecular complexity index is 502. The summed E-state index contributed by atoms with van der Waals surface area (Å²) in [6.45, 7) is 6.96. The van der Waals surface area contributed by atoms with E-state index in [4.69, 9.17) is 23.2 Å². The summed E-state index contributed by atoms with van der Waals surface area (Å²) >= 11 is 12.3. The number of halogens is 2. The summed E-state index contributed by atoms with van der Waals surface area (Å²) in [5.74, 6) is 0. The highest BCUT2D eigenvalue weighted by Gasteiger charge is 2.23. The van der Waals surface area contributed by atoms with Crippen LogP contribution in [0.3, 0.4) is 0 Å². The zero-order valence-electron chi connectivity index (χ0n) is 12.4. The van der Waals surface area contributed by atoms with Crippen LogP contribution in [0.1, 0.15) is 20.3 Å². The van der Waals surface area contributed by atoms with E-state index < -0.39 is 0 Å². The Balaban J connectivity index is 1.94. The van der Waals surface area contributed by atoms with Crippen molar-refractivity contribution in [1.82, 2.24) is 10.2 Å². The van der Waals surface area contributed by atoms with Gasteiger partial charge in [0, 0.05) is 37.2 Å². The van der Waals surface area contributed by atoms with Gasteiger partial charge in [0.25, 0.3) is 0 Å². The first-order chi connectivity index (χ1) is 10.0. The molecule has 1 heterocycles. The topological polar surface area (TPSA) is 35.6 Å². The number of piperazine rings is 1. The maximum Gasteiger partial charge on any atom is 0.317 e. The van der Waals surface area contributed by atoms with Crippen LogP contribution in [-0.4, -0.2) is 43.2 Å². The van der Waals surface area contributed by atoms with E-state index in [1.54, 1.807) is 12.1 Å². The minimum atomic E-state index is 0.0150. The lowest BCUT2D eigenvalue weighted by Crippen LogP contribution is -2.53. The van der Waals surface area contributed by atoms with Gasteiger partial charge < -0.3 is 15.1 Å². The number of hydrogen-bond acceptors (Lipinski definition) is 2. The second kappa shape index (κ2) is 7.23. The zero-order chi connectivity index (χ0) is 15.4. The van der Waals surface area contributed by atoms with Gasteiger partial charge in [-0.05, 0) is 31.5 Å². The van der Waals surface area contributed by atoms with Crippen molar-refractivity contribution in [2.24, 2.45) is 0 Å². The van der Waals surface area contributed by atoms with Gasteiger partial charge in [0.2, 0.25) is 0 Å². The molecule has 1 aromatic carbocycles. The van der Waals surface area contributed by atoms with Crippen LogP contribution in [0.4, 0.5) is 10.5 Å². The molecule has 0 radical (unpaired) electrons. The fourth-order valence-electron chi connectivity index (χ4n) is 2.28. The molecule has 1 fully saturated rings. The number of anilines is 1. The predicted octanol–water partition coefficient (Wildman–Crippen LogP) is 3.62. The van der Waals surface area contributed by atoms with Gasteiger partial charge in [-0.25, -0.2) is 4.79 Å². The monoisotopic (exact) mass is 329 g/mol. The second-order valence-electron chi connectivity index (χ2n) is 5.33. The third-order valence-corrected chi connectivity index (χ3v) is 4.35. The van der Waals surface area contributed by atoms with Gasteiger partial charge in [-0.15, -0.1) is 0 Å². The van der Waals surface area contributed by atoms with Crippen LogP contribution in [0.25, 0.3) is 0 Å². The van der Waals surface area contributed by atoms with Crippen molar-refractivity contribution in [3.05, 3.63) is 28.2 Å². The molecule has 1 saturated heterocycles. The van der Waals surface area contributed by atoms with Crippen LogP contribution in [0.15, 0.2) is 18.2 Å². The maximum atomic E-state index is 12.1. The average Bonchev–Trinajstić information content (AvgIpc) is 2.49. The normalized spacial score (nSPS) is 16.8. The van der Waals surface area contributed by atoms with Crippen LogP contribution in [-0.2, 0) is 0 Å². The molecular weight excluding hydrogens is 309 g/mol. The Morgan fingerprint density at radius 1 is 1.29 bits per heavy atom. The molecule has 1 aliphatic rings. The summed E-state index contributed by atoms with van der Waals surface area (Å²) in [5, 5.41) is 4.36. The minimum Gasteiger partial charge on any atom is -0.367 e. The van der Waals surface area contributed by atoms with E-state index in [1.807, 2.05) is 17.9 Å². The van der Waals surface area contributed by atoms with E-state index in [2.05, 4.69) is 17.1 Å². The van der Waals surface area contributed by atoms with Gasteiger partial charge in [0.05, 0.1) is 10.7 Å². The van der Waals surface area contributed by atoms with E-state index in [0.29, 0.717) is 23.1 Å². The first-order valence-corrected chi connectivity index (χ1v) is 8.02. The van der Waals surface area contributed by atoms with Crippen molar-refractivity contribution in [3.8, 4) is 0 Å². The maximum absolute atomic E-state index is 12.1. The van der Waals surface area contributed by atoms with E-state index in [9.17, 15) is 4.79 Å². The van der Waals surface area contributed by atoms with E-state index in [-0.39, 0.29) is 12.1 Å². The summed E-state index contributed by atoms with van der Waals surface area (Å²) in [6, 6.07) is 5.68. The number of nitrogens with one attached hydrogen (secondary N) is 1. The van der Waals surface area contributed by atoms with Gasteiger partial charge in [-0.3, -0.25) is 0 Å². The lowest BCUT2D eigenvalue weighted by atomic mass is 10.2. The Morgan fingerprint density at radius 2 is 1.95 bits per heavy atom. The first kappa shape index (κ1) is 16.2. The third kappa shape index (κ3) is 4.17. The number of hydrogen-bond donors (Lipinski definition) is 1. The molecule has 116 valence electrons. The molecule has 1 aliphatic heterocycles. The number of urea groups is 1. The van der Waals surface area contributed by atoms with Crippen LogP contribution in [0.2, 0.25) is 10.0 Å². The predicted molar refractivity (Wildman–Crippen MR) is 88.5 cm³/mol. The molecule has 1 atom stereocenters. The SMILES string of the molecule is CCC(C)NC(=O)N1CCN(c2cc(Cl)ccc2Cl)CC1. The Hall–Kier alpha value is -1.13. The Kier molecular flexibility index (Phi) is 5.59. The van der Waals surface area contributed by atoms with Crippen molar-refractivity contribution in [3.63, 3.8) is 0 Å². The molecule has 0 aromatic heterocycles. The summed E-state index contributed by atoms with van der Waals surface area (Å²) in [6.07, 6.45) is 0.934. The van der Waals surface area contributed by atoms with Crippen LogP contribution < -0.4 is 10.2 Å². The number of carbonyl (C=O) groups excluding carboxylic acids is 1. The van der Waals surface area contributed by atoms with Crippen LogP contribution in [0.5, 0.6) is 0 Å². The molecule has 4 nitrogen and oxygen atoms in total. The smallest absolute Gasteiger partial charge is 0.317 e. The fourth-order valence-corrected chi connectivity index (χ4v) is 2.69. The Labute approximate surface area is 136 Å². The molecule has 1 unspecified atom stereocenters. The van der Waals surface area contributed by atoms with Crippen molar-refractivity contribution in [1.29, 1.82) is 0 Å². The summed E-state index contributed by atoms with van der Waals surface area (Å²) in [7, 11) is 0. The van der Waals surface area contributed by atoms with Crippen LogP contribution >= 0.6 is 23.2 Å². The summed E-state index contributed by atoms with van der Waals surface area (Å²) in [4.78, 5) is 16.1. The lowest BCUT2D eigenvalue weighted by molar-refractivity contribution is 0.191. The molecule has 0 spiro atoms. The molecule has 0 bridgehead atoms. The van der Waals surface area contributed by atoms with Crippen molar-refractivity contribution < 1.29 is 4.79 Å². The van der Waals surface area contributed by atoms with Gasteiger partial charge in [-0.2, -0.15) is 0 Å². The van der Waals surface area contributed by atoms with Crippen molar-refractivity contribution in [2.75, 3.05) is 31.1 Å². The number of carbonyl (C=O) groups is 1. The molecule has 6 heteroatoms. The van der Waals surface area contributed by atoms with Crippen molar-refractivity contribution >= 4 is 34.9 Å². The molecule has 2 rings (SSSR count). The van der Waals surface area contributed by atoms with E-state index >= 15 is 0 Å². The molecule has 21 heavy (non-hydrogen) atoms. The highest BCUT2D eigenvalue weighted by molar-refractivity contribution is 6.35. The molecule has 2 amide bonds. The Morgan fingerprint density at radius 3 is 2.57 bits per heavy atom. The number of benzene rings is 1. The average molecular weight is 330 g/mol. The first-order valence-electron chi connectivity index (χ1n) is 7.26. The van der Waals surface area contributed by atoms with Gasteiger partial charge >= 0.3 is 6.03 Å². The lowest BCUT2D eigenvalue weighted by Gasteiger charge is -2.37. The number of rotatable bonds is 3. The van der Waals surface area contributed by atoms with E-state index in [0.717, 1.165) is 25.2 Å². The van der Waals surface area contributed by atoms with E-state index in [1.165, 1.54) is 0 Å². The quantitative estimate of drug-likeness (QED) is 0.919. The summed E-state index contributed by atoms with van der Waals surface area (Å²) in [5.41, 5.74) is 0.936. The molecule has 1 aromatic rings. The number of nitrogens with zero attached hydrogens (tertiary/aromatic N) is 2.